The Hall–Kier alpha value is -3.55. The lowest BCUT2D eigenvalue weighted by molar-refractivity contribution is -0.134. The van der Waals surface area contributed by atoms with E-state index in [1.54, 1.807) is 38.1 Å². The molecular formula is C23H29N3O5. The van der Waals surface area contributed by atoms with Crippen LogP contribution in [-0.4, -0.2) is 37.0 Å². The fraction of sp³-hybridized carbons (Fsp3) is 0.348. The van der Waals surface area contributed by atoms with Gasteiger partial charge in [-0.25, -0.2) is 0 Å². The zero-order valence-corrected chi connectivity index (χ0v) is 18.2. The average Bonchev–Trinajstić information content (AvgIpc) is 2.72. The van der Waals surface area contributed by atoms with Gasteiger partial charge >= 0.3 is 0 Å². The number of ether oxygens (including phenoxy) is 2. The van der Waals surface area contributed by atoms with Gasteiger partial charge in [-0.1, -0.05) is 38.1 Å². The number of carbonyl (C=O) groups excluding carboxylic acids is 3. The fourth-order valence-corrected chi connectivity index (χ4v) is 2.83. The Balaban J connectivity index is 1.78. The molecule has 0 aromatic heterocycles. The van der Waals surface area contributed by atoms with Gasteiger partial charge in [-0.3, -0.25) is 25.2 Å². The number of amides is 3. The Labute approximate surface area is 182 Å². The molecule has 0 saturated heterocycles. The molecule has 0 heterocycles. The normalized spacial score (nSPS) is 11.4. The molecule has 0 spiro atoms. The van der Waals surface area contributed by atoms with Gasteiger partial charge in [0, 0.05) is 0 Å². The summed E-state index contributed by atoms with van der Waals surface area (Å²) in [6.45, 7) is 6.96. The summed E-state index contributed by atoms with van der Waals surface area (Å²) >= 11 is 0. The van der Waals surface area contributed by atoms with Crippen LogP contribution >= 0.6 is 0 Å². The topological polar surface area (TPSA) is 106 Å². The number of hydrogen-bond acceptors (Lipinski definition) is 5. The standard InChI is InChI=1S/C23H29N3O5/c1-15(2)22(24-20(27)13-30-18-8-6-5-7-9-18)23(29)26-25-21(28)14-31-19-11-16(3)10-17(4)12-19/h5-12,15,22H,13-14H2,1-4H3,(H,24,27)(H,25,28)(H,26,29)/t22-/m0/s1. The number of para-hydroxylation sites is 1. The molecule has 166 valence electrons. The lowest BCUT2D eigenvalue weighted by Gasteiger charge is -2.22. The largest absolute Gasteiger partial charge is 0.484 e. The highest BCUT2D eigenvalue weighted by Crippen LogP contribution is 2.15. The molecule has 2 aromatic carbocycles. The van der Waals surface area contributed by atoms with Gasteiger partial charge < -0.3 is 14.8 Å². The van der Waals surface area contributed by atoms with Gasteiger partial charge in [0.15, 0.2) is 13.2 Å². The van der Waals surface area contributed by atoms with Crippen molar-refractivity contribution in [3.63, 3.8) is 0 Å². The van der Waals surface area contributed by atoms with Crippen molar-refractivity contribution < 1.29 is 23.9 Å². The van der Waals surface area contributed by atoms with E-state index in [9.17, 15) is 14.4 Å². The van der Waals surface area contributed by atoms with Crippen molar-refractivity contribution in [1.29, 1.82) is 0 Å². The van der Waals surface area contributed by atoms with Gasteiger partial charge in [-0.2, -0.15) is 0 Å². The molecule has 2 aromatic rings. The summed E-state index contributed by atoms with van der Waals surface area (Å²) in [6.07, 6.45) is 0. The van der Waals surface area contributed by atoms with E-state index in [-0.39, 0.29) is 19.1 Å². The van der Waals surface area contributed by atoms with Gasteiger partial charge in [0.25, 0.3) is 17.7 Å². The summed E-state index contributed by atoms with van der Waals surface area (Å²) in [5.41, 5.74) is 6.68. The number of aryl methyl sites for hydroxylation is 2. The zero-order chi connectivity index (χ0) is 22.8. The lowest BCUT2D eigenvalue weighted by Crippen LogP contribution is -2.55. The second kappa shape index (κ2) is 11.6. The van der Waals surface area contributed by atoms with Crippen LogP contribution in [0.15, 0.2) is 48.5 Å². The van der Waals surface area contributed by atoms with E-state index in [4.69, 9.17) is 9.47 Å². The zero-order valence-electron chi connectivity index (χ0n) is 18.2. The first-order valence-corrected chi connectivity index (χ1v) is 10.0. The minimum Gasteiger partial charge on any atom is -0.484 e. The summed E-state index contributed by atoms with van der Waals surface area (Å²) in [7, 11) is 0. The molecule has 0 aliphatic heterocycles. The molecule has 3 N–H and O–H groups in total. The highest BCUT2D eigenvalue weighted by molar-refractivity contribution is 5.90. The third-order valence-corrected chi connectivity index (χ3v) is 4.27. The molecule has 0 radical (unpaired) electrons. The maximum Gasteiger partial charge on any atom is 0.276 e. The van der Waals surface area contributed by atoms with Gasteiger partial charge in [-0.05, 0) is 55.2 Å². The fourth-order valence-electron chi connectivity index (χ4n) is 2.83. The first-order valence-electron chi connectivity index (χ1n) is 10.0. The van der Waals surface area contributed by atoms with Crippen LogP contribution in [0.2, 0.25) is 0 Å². The van der Waals surface area contributed by atoms with Crippen LogP contribution in [0.4, 0.5) is 0 Å². The van der Waals surface area contributed by atoms with E-state index < -0.39 is 23.8 Å². The molecule has 0 saturated carbocycles. The Morgan fingerprint density at radius 1 is 0.806 bits per heavy atom. The lowest BCUT2D eigenvalue weighted by atomic mass is 10.0. The van der Waals surface area contributed by atoms with Crippen LogP contribution < -0.4 is 25.6 Å². The Bertz CT molecular complexity index is 879. The highest BCUT2D eigenvalue weighted by atomic mass is 16.5. The third-order valence-electron chi connectivity index (χ3n) is 4.27. The smallest absolute Gasteiger partial charge is 0.276 e. The van der Waals surface area contributed by atoms with Gasteiger partial charge in [0.2, 0.25) is 0 Å². The molecule has 0 bridgehead atoms. The first kappa shape index (κ1) is 23.7. The SMILES string of the molecule is Cc1cc(C)cc(OCC(=O)NNC(=O)[C@@H](NC(=O)COc2ccccc2)C(C)C)c1. The molecule has 3 amide bonds. The van der Waals surface area contributed by atoms with Crippen molar-refractivity contribution in [3.8, 4) is 11.5 Å². The van der Waals surface area contributed by atoms with Crippen molar-refractivity contribution in [3.05, 3.63) is 59.7 Å². The van der Waals surface area contributed by atoms with Crippen LogP contribution in [0.25, 0.3) is 0 Å². The van der Waals surface area contributed by atoms with E-state index in [0.29, 0.717) is 11.5 Å². The van der Waals surface area contributed by atoms with Crippen LogP contribution in [0.1, 0.15) is 25.0 Å². The molecule has 8 heteroatoms. The quantitative estimate of drug-likeness (QED) is 0.531. The van der Waals surface area contributed by atoms with Gasteiger partial charge in [0.05, 0.1) is 0 Å². The van der Waals surface area contributed by atoms with E-state index in [1.807, 2.05) is 38.1 Å². The second-order valence-corrected chi connectivity index (χ2v) is 7.54. The molecule has 0 fully saturated rings. The maximum atomic E-state index is 12.4. The molecule has 1 atom stereocenters. The minimum absolute atomic E-state index is 0.205. The Morgan fingerprint density at radius 3 is 2.00 bits per heavy atom. The molecular weight excluding hydrogens is 398 g/mol. The number of nitrogens with one attached hydrogen (secondary N) is 3. The highest BCUT2D eigenvalue weighted by Gasteiger charge is 2.24. The van der Waals surface area contributed by atoms with Crippen LogP contribution in [-0.2, 0) is 14.4 Å². The van der Waals surface area contributed by atoms with E-state index in [1.165, 1.54) is 0 Å². The molecule has 0 unspecified atom stereocenters. The summed E-state index contributed by atoms with van der Waals surface area (Å²) in [6, 6.07) is 13.7. The summed E-state index contributed by atoms with van der Waals surface area (Å²) in [5.74, 6) is -0.577. The third kappa shape index (κ3) is 8.38. The summed E-state index contributed by atoms with van der Waals surface area (Å²) in [5, 5.41) is 2.62. The van der Waals surface area contributed by atoms with Crippen LogP contribution in [0.3, 0.4) is 0 Å². The summed E-state index contributed by atoms with van der Waals surface area (Å²) < 4.78 is 10.8. The number of benzene rings is 2. The number of hydrogen-bond donors (Lipinski definition) is 3. The van der Waals surface area contributed by atoms with Gasteiger partial charge in [-0.15, -0.1) is 0 Å². The predicted molar refractivity (Wildman–Crippen MR) is 116 cm³/mol. The molecule has 0 aliphatic rings. The van der Waals surface area contributed by atoms with E-state index in [2.05, 4.69) is 16.2 Å². The molecule has 0 aliphatic carbocycles. The number of carbonyl (C=O) groups is 3. The van der Waals surface area contributed by atoms with Crippen LogP contribution in [0, 0.1) is 19.8 Å². The first-order chi connectivity index (χ1) is 14.7. The number of hydrazine groups is 1. The van der Waals surface area contributed by atoms with E-state index >= 15 is 0 Å². The van der Waals surface area contributed by atoms with E-state index in [0.717, 1.165) is 11.1 Å². The van der Waals surface area contributed by atoms with Crippen molar-refractivity contribution in [2.75, 3.05) is 13.2 Å². The van der Waals surface area contributed by atoms with Gasteiger partial charge in [0.1, 0.15) is 17.5 Å². The molecule has 8 nitrogen and oxygen atoms in total. The van der Waals surface area contributed by atoms with Crippen molar-refractivity contribution in [2.45, 2.75) is 33.7 Å². The average molecular weight is 428 g/mol. The number of rotatable bonds is 9. The predicted octanol–water partition coefficient (Wildman–Crippen LogP) is 2.05. The second-order valence-electron chi connectivity index (χ2n) is 7.54. The summed E-state index contributed by atoms with van der Waals surface area (Å²) in [4.78, 5) is 36.6. The van der Waals surface area contributed by atoms with Crippen LogP contribution in [0.5, 0.6) is 11.5 Å². The Kier molecular flexibility index (Phi) is 8.87. The van der Waals surface area contributed by atoms with Crippen molar-refractivity contribution in [1.82, 2.24) is 16.2 Å². The minimum atomic E-state index is -0.840. The maximum absolute atomic E-state index is 12.4. The monoisotopic (exact) mass is 427 g/mol. The van der Waals surface area contributed by atoms with Crippen molar-refractivity contribution in [2.24, 2.45) is 5.92 Å². The Morgan fingerprint density at radius 2 is 1.39 bits per heavy atom. The molecule has 31 heavy (non-hydrogen) atoms. The van der Waals surface area contributed by atoms with Crippen molar-refractivity contribution >= 4 is 17.7 Å². The molecule has 2 rings (SSSR count).